The number of ether oxygens (including phenoxy) is 1. The van der Waals surface area contributed by atoms with Crippen molar-refractivity contribution in [2.24, 2.45) is 0 Å². The second-order valence-corrected chi connectivity index (χ2v) is 6.11. The van der Waals surface area contributed by atoms with Crippen LogP contribution in [-0.2, 0) is 27.8 Å². The number of nitrogens with one attached hydrogen (secondary N) is 1. The number of hydrogen-bond acceptors (Lipinski definition) is 4. The molecule has 0 heterocycles. The number of aliphatic hydroxyl groups excluding tert-OH is 1. The molecule has 0 aliphatic carbocycles. The van der Waals surface area contributed by atoms with Crippen LogP contribution in [0.5, 0.6) is 0 Å². The summed E-state index contributed by atoms with van der Waals surface area (Å²) in [7, 11) is -2.08. The van der Waals surface area contributed by atoms with Crippen LogP contribution in [0, 0.1) is 0 Å². The molecule has 1 aromatic rings. The van der Waals surface area contributed by atoms with Crippen LogP contribution in [0.2, 0.25) is 0 Å². The molecule has 108 valence electrons. The lowest BCUT2D eigenvalue weighted by Crippen LogP contribution is -2.36. The summed E-state index contributed by atoms with van der Waals surface area (Å²) in [4.78, 5) is 0.226. The van der Waals surface area contributed by atoms with Crippen LogP contribution in [0.25, 0.3) is 0 Å². The maximum Gasteiger partial charge on any atom is 0.241 e. The van der Waals surface area contributed by atoms with Crippen LogP contribution in [-0.4, -0.2) is 33.3 Å². The van der Waals surface area contributed by atoms with Gasteiger partial charge in [-0.05, 0) is 30.5 Å². The van der Waals surface area contributed by atoms with Gasteiger partial charge in [0, 0.05) is 13.2 Å². The third-order valence-electron chi connectivity index (χ3n) is 2.76. The minimum Gasteiger partial charge on any atom is -0.392 e. The number of rotatable bonds is 7. The van der Waals surface area contributed by atoms with E-state index in [1.165, 1.54) is 13.2 Å². The Kier molecular flexibility index (Phi) is 5.93. The summed E-state index contributed by atoms with van der Waals surface area (Å²) in [5.74, 6) is 0. The number of hydrogen-bond donors (Lipinski definition) is 2. The van der Waals surface area contributed by atoms with E-state index in [1.54, 1.807) is 19.1 Å². The Morgan fingerprint density at radius 1 is 1.42 bits per heavy atom. The fraction of sp³-hybridized carbons (Fsp3) is 0.538. The van der Waals surface area contributed by atoms with Gasteiger partial charge in [0.15, 0.2) is 0 Å². The fourth-order valence-electron chi connectivity index (χ4n) is 1.85. The van der Waals surface area contributed by atoms with E-state index >= 15 is 0 Å². The molecule has 0 saturated carbocycles. The van der Waals surface area contributed by atoms with Crippen molar-refractivity contribution in [3.05, 3.63) is 29.3 Å². The van der Waals surface area contributed by atoms with Gasteiger partial charge in [-0.1, -0.05) is 19.1 Å². The van der Waals surface area contributed by atoms with Crippen molar-refractivity contribution in [3.63, 3.8) is 0 Å². The zero-order valence-electron chi connectivity index (χ0n) is 11.5. The molecular weight excluding hydrogens is 266 g/mol. The van der Waals surface area contributed by atoms with Crippen LogP contribution in [0.4, 0.5) is 0 Å². The Morgan fingerprint density at radius 2 is 2.11 bits per heavy atom. The SMILES string of the molecule is CCc1ccc(CO)cc1S(=O)(=O)NC(C)COC. The van der Waals surface area contributed by atoms with Gasteiger partial charge in [-0.3, -0.25) is 0 Å². The largest absolute Gasteiger partial charge is 0.392 e. The highest BCUT2D eigenvalue weighted by Gasteiger charge is 2.20. The number of benzene rings is 1. The van der Waals surface area contributed by atoms with Gasteiger partial charge in [0.05, 0.1) is 18.1 Å². The first kappa shape index (κ1) is 16.1. The molecule has 19 heavy (non-hydrogen) atoms. The minimum atomic E-state index is -3.60. The van der Waals surface area contributed by atoms with E-state index in [-0.39, 0.29) is 17.5 Å². The molecular formula is C13H21NO4S. The van der Waals surface area contributed by atoms with Crippen LogP contribution in [0.1, 0.15) is 25.0 Å². The van der Waals surface area contributed by atoms with Crippen LogP contribution in [0.15, 0.2) is 23.1 Å². The summed E-state index contributed by atoms with van der Waals surface area (Å²) in [6, 6.07) is 4.68. The normalized spacial score (nSPS) is 13.5. The smallest absolute Gasteiger partial charge is 0.241 e. The lowest BCUT2D eigenvalue weighted by molar-refractivity contribution is 0.180. The second-order valence-electron chi connectivity index (χ2n) is 4.43. The molecule has 1 atom stereocenters. The van der Waals surface area contributed by atoms with Gasteiger partial charge in [0.2, 0.25) is 10.0 Å². The molecule has 0 spiro atoms. The Labute approximate surface area is 114 Å². The van der Waals surface area contributed by atoms with E-state index in [0.29, 0.717) is 18.6 Å². The van der Waals surface area contributed by atoms with E-state index < -0.39 is 10.0 Å². The fourth-order valence-corrected chi connectivity index (χ4v) is 3.44. The number of sulfonamides is 1. The molecule has 0 amide bonds. The van der Waals surface area contributed by atoms with Crippen molar-refractivity contribution >= 4 is 10.0 Å². The summed E-state index contributed by atoms with van der Waals surface area (Å²) in [6.45, 7) is 3.76. The molecule has 1 unspecified atom stereocenters. The molecule has 5 nitrogen and oxygen atoms in total. The summed E-state index contributed by atoms with van der Waals surface area (Å²) in [6.07, 6.45) is 0.612. The van der Waals surface area contributed by atoms with Crippen LogP contribution < -0.4 is 4.72 Å². The average molecular weight is 287 g/mol. The van der Waals surface area contributed by atoms with Crippen molar-refractivity contribution in [1.82, 2.24) is 4.72 Å². The molecule has 0 radical (unpaired) electrons. The van der Waals surface area contributed by atoms with Crippen molar-refractivity contribution in [2.45, 2.75) is 37.8 Å². The first-order valence-electron chi connectivity index (χ1n) is 6.18. The van der Waals surface area contributed by atoms with E-state index in [4.69, 9.17) is 9.84 Å². The summed E-state index contributed by atoms with van der Waals surface area (Å²) in [5.41, 5.74) is 1.31. The number of aliphatic hydroxyl groups is 1. The third-order valence-corrected chi connectivity index (χ3v) is 4.43. The molecule has 0 aliphatic heterocycles. The maximum absolute atomic E-state index is 12.3. The molecule has 0 aromatic heterocycles. The first-order chi connectivity index (χ1) is 8.94. The molecule has 6 heteroatoms. The van der Waals surface area contributed by atoms with E-state index in [9.17, 15) is 8.42 Å². The van der Waals surface area contributed by atoms with Gasteiger partial charge in [0.1, 0.15) is 0 Å². The standard InChI is InChI=1S/C13H21NO4S/c1-4-12-6-5-11(8-15)7-13(12)19(16,17)14-10(2)9-18-3/h5-7,10,14-15H,4,8-9H2,1-3H3. The van der Waals surface area contributed by atoms with Crippen molar-refractivity contribution in [2.75, 3.05) is 13.7 Å². The quantitative estimate of drug-likeness (QED) is 0.786. The highest BCUT2D eigenvalue weighted by atomic mass is 32.2. The Hall–Kier alpha value is -0.950. The van der Waals surface area contributed by atoms with Crippen LogP contribution in [0.3, 0.4) is 0 Å². The van der Waals surface area contributed by atoms with E-state index in [2.05, 4.69) is 4.72 Å². The zero-order valence-corrected chi connectivity index (χ0v) is 12.3. The highest BCUT2D eigenvalue weighted by Crippen LogP contribution is 2.19. The Bertz CT molecular complexity index is 513. The lowest BCUT2D eigenvalue weighted by Gasteiger charge is -2.16. The topological polar surface area (TPSA) is 75.6 Å². The molecule has 0 bridgehead atoms. The minimum absolute atomic E-state index is 0.180. The average Bonchev–Trinajstić information content (AvgIpc) is 2.37. The van der Waals surface area contributed by atoms with Gasteiger partial charge in [-0.2, -0.15) is 0 Å². The van der Waals surface area contributed by atoms with Gasteiger partial charge < -0.3 is 9.84 Å². The van der Waals surface area contributed by atoms with Gasteiger partial charge in [-0.25, -0.2) is 13.1 Å². The number of aryl methyl sites for hydroxylation is 1. The molecule has 2 N–H and O–H groups in total. The van der Waals surface area contributed by atoms with Crippen LogP contribution >= 0.6 is 0 Å². The highest BCUT2D eigenvalue weighted by molar-refractivity contribution is 7.89. The summed E-state index contributed by atoms with van der Waals surface area (Å²) < 4.78 is 32.1. The maximum atomic E-state index is 12.3. The van der Waals surface area contributed by atoms with Crippen molar-refractivity contribution in [1.29, 1.82) is 0 Å². The number of methoxy groups -OCH3 is 1. The molecule has 0 saturated heterocycles. The molecule has 1 rings (SSSR count). The monoisotopic (exact) mass is 287 g/mol. The van der Waals surface area contributed by atoms with E-state index in [1.807, 2.05) is 6.92 Å². The Morgan fingerprint density at radius 3 is 2.63 bits per heavy atom. The molecule has 0 aliphatic rings. The zero-order chi connectivity index (χ0) is 14.5. The van der Waals surface area contributed by atoms with Crippen molar-refractivity contribution in [3.8, 4) is 0 Å². The molecule has 0 fully saturated rings. The first-order valence-corrected chi connectivity index (χ1v) is 7.66. The summed E-state index contributed by atoms with van der Waals surface area (Å²) in [5, 5.41) is 9.12. The third kappa shape index (κ3) is 4.28. The predicted octanol–water partition coefficient (Wildman–Crippen LogP) is 1.05. The van der Waals surface area contributed by atoms with E-state index in [0.717, 1.165) is 5.56 Å². The van der Waals surface area contributed by atoms with Gasteiger partial charge >= 0.3 is 0 Å². The summed E-state index contributed by atoms with van der Waals surface area (Å²) >= 11 is 0. The Balaban J connectivity index is 3.11. The van der Waals surface area contributed by atoms with Gasteiger partial charge in [-0.15, -0.1) is 0 Å². The predicted molar refractivity (Wildman–Crippen MR) is 73.4 cm³/mol. The van der Waals surface area contributed by atoms with Gasteiger partial charge in [0.25, 0.3) is 0 Å². The second kappa shape index (κ2) is 7.00. The van der Waals surface area contributed by atoms with Crippen molar-refractivity contribution < 1.29 is 18.3 Å². The molecule has 1 aromatic carbocycles. The lowest BCUT2D eigenvalue weighted by atomic mass is 10.1.